The number of carbonyl (C=O) groups excluding carboxylic acids is 1. The number of aliphatic hydroxyl groups is 1. The van der Waals surface area contributed by atoms with Crippen molar-refractivity contribution in [1.82, 2.24) is 15.0 Å². The van der Waals surface area contributed by atoms with Crippen molar-refractivity contribution in [2.75, 3.05) is 7.11 Å². The Balaban J connectivity index is 1.95. The molecule has 1 aliphatic carbocycles. The van der Waals surface area contributed by atoms with Gasteiger partial charge in [-0.15, -0.1) is 0 Å². The summed E-state index contributed by atoms with van der Waals surface area (Å²) in [5.41, 5.74) is 2.75. The first-order valence-corrected chi connectivity index (χ1v) is 9.61. The van der Waals surface area contributed by atoms with Crippen LogP contribution in [-0.2, 0) is 9.53 Å². The first kappa shape index (κ1) is 19.5. The molecule has 1 aromatic carbocycles. The maximum Gasteiger partial charge on any atom is 0.305 e. The number of rotatable bonds is 6. The average Bonchev–Trinajstić information content (AvgIpc) is 3.10. The number of ether oxygens (including phenoxy) is 1. The molecule has 1 aliphatic rings. The fourth-order valence-electron chi connectivity index (χ4n) is 3.81. The van der Waals surface area contributed by atoms with Crippen LogP contribution in [0.25, 0.3) is 11.0 Å². The first-order chi connectivity index (χ1) is 12.9. The highest BCUT2D eigenvalue weighted by Crippen LogP contribution is 2.44. The van der Waals surface area contributed by atoms with E-state index in [2.05, 4.69) is 31.0 Å². The molecule has 0 aliphatic heterocycles. The number of allylic oxidation sites excluding steroid dienone is 1. The number of aliphatic hydroxyl groups excluding tert-OH is 1. The summed E-state index contributed by atoms with van der Waals surface area (Å²) in [6.07, 6.45) is 4.17. The van der Waals surface area contributed by atoms with Gasteiger partial charge in [-0.25, -0.2) is 0 Å². The van der Waals surface area contributed by atoms with E-state index < -0.39 is 6.10 Å². The van der Waals surface area contributed by atoms with E-state index >= 15 is 0 Å². The second-order valence-electron chi connectivity index (χ2n) is 8.04. The summed E-state index contributed by atoms with van der Waals surface area (Å²) in [5, 5.41) is 20.3. The van der Waals surface area contributed by atoms with Gasteiger partial charge in [0.2, 0.25) is 0 Å². The molecule has 146 valence electrons. The number of aromatic nitrogens is 3. The van der Waals surface area contributed by atoms with Crippen LogP contribution in [0.2, 0.25) is 0 Å². The summed E-state index contributed by atoms with van der Waals surface area (Å²) < 4.78 is 4.78. The minimum Gasteiger partial charge on any atom is -0.469 e. The summed E-state index contributed by atoms with van der Waals surface area (Å²) >= 11 is 0. The molecule has 3 atom stereocenters. The van der Waals surface area contributed by atoms with Crippen LogP contribution in [0.15, 0.2) is 35.9 Å². The number of fused-ring (bicyclic) bond motifs is 1. The van der Waals surface area contributed by atoms with E-state index in [0.717, 1.165) is 29.4 Å². The number of benzene rings is 1. The maximum absolute atomic E-state index is 11.6. The monoisotopic (exact) mass is 371 g/mol. The topological polar surface area (TPSA) is 77.2 Å². The van der Waals surface area contributed by atoms with Gasteiger partial charge in [-0.1, -0.05) is 51.0 Å². The Hall–Kier alpha value is -2.21. The van der Waals surface area contributed by atoms with Gasteiger partial charge in [0.05, 0.1) is 13.2 Å². The molecule has 1 aromatic heterocycles. The largest absolute Gasteiger partial charge is 0.469 e. The molecule has 6 nitrogen and oxygen atoms in total. The summed E-state index contributed by atoms with van der Waals surface area (Å²) in [6, 6.07) is 7.36. The van der Waals surface area contributed by atoms with E-state index in [1.165, 1.54) is 7.11 Å². The lowest BCUT2D eigenvalue weighted by Gasteiger charge is -2.42. The quantitative estimate of drug-likeness (QED) is 0.619. The Morgan fingerprint density at radius 3 is 2.48 bits per heavy atom. The Labute approximate surface area is 160 Å². The molecule has 0 saturated carbocycles. The van der Waals surface area contributed by atoms with Crippen molar-refractivity contribution >= 4 is 17.0 Å². The minimum absolute atomic E-state index is 0.0327. The summed E-state index contributed by atoms with van der Waals surface area (Å²) in [6.45, 7) is 6.52. The van der Waals surface area contributed by atoms with Crippen molar-refractivity contribution < 1.29 is 14.6 Å². The molecule has 0 radical (unpaired) electrons. The normalized spacial score (nSPS) is 23.3. The van der Waals surface area contributed by atoms with Crippen LogP contribution in [-0.4, -0.2) is 39.3 Å². The van der Waals surface area contributed by atoms with Crippen LogP contribution >= 0.6 is 0 Å². The van der Waals surface area contributed by atoms with Gasteiger partial charge in [-0.2, -0.15) is 15.0 Å². The van der Waals surface area contributed by atoms with Gasteiger partial charge in [0.25, 0.3) is 0 Å². The van der Waals surface area contributed by atoms with E-state index in [1.54, 1.807) is 4.80 Å². The molecule has 3 unspecified atom stereocenters. The highest BCUT2D eigenvalue weighted by Gasteiger charge is 2.41. The Morgan fingerprint density at radius 1 is 1.30 bits per heavy atom. The molecule has 0 saturated heterocycles. The minimum atomic E-state index is -0.580. The van der Waals surface area contributed by atoms with Crippen molar-refractivity contribution in [3.63, 3.8) is 0 Å². The van der Waals surface area contributed by atoms with Gasteiger partial charge in [0.15, 0.2) is 0 Å². The predicted octanol–water partition coefficient (Wildman–Crippen LogP) is 3.67. The molecule has 6 heteroatoms. The molecular weight excluding hydrogens is 342 g/mol. The van der Waals surface area contributed by atoms with Crippen LogP contribution in [0, 0.1) is 11.3 Å². The zero-order chi connectivity index (χ0) is 19.6. The molecule has 2 aromatic rings. The number of hydrogen-bond acceptors (Lipinski definition) is 5. The van der Waals surface area contributed by atoms with Crippen molar-refractivity contribution in [1.29, 1.82) is 0 Å². The molecule has 1 N–H and O–H groups in total. The average molecular weight is 371 g/mol. The zero-order valence-electron chi connectivity index (χ0n) is 16.6. The number of esters is 1. The van der Waals surface area contributed by atoms with Crippen LogP contribution in [0.1, 0.15) is 52.5 Å². The smallest absolute Gasteiger partial charge is 0.305 e. The highest BCUT2D eigenvalue weighted by atomic mass is 16.5. The third kappa shape index (κ3) is 4.05. The first-order valence-electron chi connectivity index (χ1n) is 9.61. The number of hydrogen-bond donors (Lipinski definition) is 1. The molecule has 0 fully saturated rings. The van der Waals surface area contributed by atoms with Gasteiger partial charge >= 0.3 is 5.97 Å². The van der Waals surface area contributed by atoms with Crippen molar-refractivity contribution in [2.45, 2.75) is 58.6 Å². The third-order valence-electron chi connectivity index (χ3n) is 6.01. The van der Waals surface area contributed by atoms with E-state index in [1.807, 2.05) is 30.3 Å². The molecule has 0 bridgehead atoms. The molecule has 27 heavy (non-hydrogen) atoms. The van der Waals surface area contributed by atoms with Crippen LogP contribution in [0.3, 0.4) is 0 Å². The Bertz CT molecular complexity index is 807. The van der Waals surface area contributed by atoms with E-state index in [-0.39, 0.29) is 23.3 Å². The molecule has 0 spiro atoms. The zero-order valence-corrected chi connectivity index (χ0v) is 16.6. The van der Waals surface area contributed by atoms with Crippen LogP contribution in [0.5, 0.6) is 0 Å². The molecule has 1 heterocycles. The fourth-order valence-corrected chi connectivity index (χ4v) is 3.81. The highest BCUT2D eigenvalue weighted by molar-refractivity contribution is 5.73. The molecule has 3 rings (SSSR count). The van der Waals surface area contributed by atoms with Gasteiger partial charge in [-0.05, 0) is 36.3 Å². The predicted molar refractivity (Wildman–Crippen MR) is 104 cm³/mol. The standard InChI is InChI=1S/C21H29N3O3/c1-5-21(2,3)15-12-14(10-11-19(25)27-4)13-18(20(15)26)24-22-16-8-6-7-9-17(16)23-24/h6-9,13,15,18,20,26H,5,10-12H2,1-4H3. The number of methoxy groups -OCH3 is 1. The second-order valence-corrected chi connectivity index (χ2v) is 8.04. The second kappa shape index (κ2) is 7.80. The maximum atomic E-state index is 11.6. The van der Waals surface area contributed by atoms with Crippen molar-refractivity contribution in [3.05, 3.63) is 35.9 Å². The van der Waals surface area contributed by atoms with Gasteiger partial charge in [-0.3, -0.25) is 4.79 Å². The number of carbonyl (C=O) groups is 1. The van der Waals surface area contributed by atoms with Crippen molar-refractivity contribution in [2.24, 2.45) is 11.3 Å². The van der Waals surface area contributed by atoms with E-state index in [0.29, 0.717) is 12.8 Å². The Morgan fingerprint density at radius 2 is 1.93 bits per heavy atom. The lowest BCUT2D eigenvalue weighted by Crippen LogP contribution is -2.42. The lowest BCUT2D eigenvalue weighted by atomic mass is 9.66. The summed E-state index contributed by atoms with van der Waals surface area (Å²) in [7, 11) is 1.41. The summed E-state index contributed by atoms with van der Waals surface area (Å²) in [5.74, 6) is -0.146. The SMILES string of the molecule is CCC(C)(C)C1CC(CCC(=O)OC)=CC(n2nc3ccccc3n2)C1O. The van der Waals surface area contributed by atoms with Crippen LogP contribution in [0.4, 0.5) is 0 Å². The molecular formula is C21H29N3O3. The fraction of sp³-hybridized carbons (Fsp3) is 0.571. The van der Waals surface area contributed by atoms with Crippen LogP contribution < -0.4 is 0 Å². The van der Waals surface area contributed by atoms with Crippen molar-refractivity contribution in [3.8, 4) is 0 Å². The van der Waals surface area contributed by atoms with Gasteiger partial charge < -0.3 is 9.84 Å². The Kier molecular flexibility index (Phi) is 5.65. The van der Waals surface area contributed by atoms with Gasteiger partial charge in [0.1, 0.15) is 17.1 Å². The van der Waals surface area contributed by atoms with Gasteiger partial charge in [0, 0.05) is 6.42 Å². The lowest BCUT2D eigenvalue weighted by molar-refractivity contribution is -0.140. The van der Waals surface area contributed by atoms with E-state index in [9.17, 15) is 9.90 Å². The number of nitrogens with zero attached hydrogens (tertiary/aromatic N) is 3. The molecule has 0 amide bonds. The van der Waals surface area contributed by atoms with E-state index in [4.69, 9.17) is 4.74 Å². The summed E-state index contributed by atoms with van der Waals surface area (Å²) in [4.78, 5) is 13.2. The third-order valence-corrected chi connectivity index (χ3v) is 6.01.